The number of ether oxygens (including phenoxy) is 1. The predicted octanol–water partition coefficient (Wildman–Crippen LogP) is 3.51. The Kier molecular flexibility index (Phi) is 5.92. The lowest BCUT2D eigenvalue weighted by molar-refractivity contribution is -0.174. The molecule has 0 amide bonds. The Morgan fingerprint density at radius 3 is 2.50 bits per heavy atom. The predicted molar refractivity (Wildman–Crippen MR) is 65.5 cm³/mol. The van der Waals surface area contributed by atoms with Gasteiger partial charge < -0.3 is 10.1 Å². The summed E-state index contributed by atoms with van der Waals surface area (Å²) in [6.45, 7) is 4.41. The Labute approximate surface area is 107 Å². The maximum Gasteiger partial charge on any atom is 0.411 e. The van der Waals surface area contributed by atoms with Crippen molar-refractivity contribution in [2.45, 2.75) is 58.2 Å². The second-order valence-electron chi connectivity index (χ2n) is 5.31. The van der Waals surface area contributed by atoms with Crippen LogP contribution in [0, 0.1) is 5.41 Å². The van der Waals surface area contributed by atoms with Gasteiger partial charge in [0, 0.05) is 12.6 Å². The van der Waals surface area contributed by atoms with E-state index in [0.29, 0.717) is 17.9 Å². The zero-order valence-corrected chi connectivity index (χ0v) is 11.3. The second kappa shape index (κ2) is 6.75. The molecule has 2 nitrogen and oxygen atoms in total. The normalized spacial score (nSPS) is 19.8. The van der Waals surface area contributed by atoms with Gasteiger partial charge >= 0.3 is 6.18 Å². The van der Waals surface area contributed by atoms with Gasteiger partial charge in [-0.2, -0.15) is 13.2 Å². The first-order valence-corrected chi connectivity index (χ1v) is 6.77. The highest BCUT2D eigenvalue weighted by Crippen LogP contribution is 2.52. The molecule has 0 aromatic carbocycles. The molecule has 1 unspecified atom stereocenters. The standard InChI is InChI=1S/C13H24F3NO/c1-3-8-17-11(2)12(6-7-12)5-4-9-18-10-13(14,15)16/h11,17H,3-10H2,1-2H3. The van der Waals surface area contributed by atoms with E-state index in [9.17, 15) is 13.2 Å². The van der Waals surface area contributed by atoms with Crippen LogP contribution in [-0.2, 0) is 4.74 Å². The minimum absolute atomic E-state index is 0.210. The molecule has 1 aliphatic carbocycles. The summed E-state index contributed by atoms with van der Waals surface area (Å²) in [5.41, 5.74) is 0.316. The number of hydrogen-bond donors (Lipinski definition) is 1. The number of alkyl halides is 3. The summed E-state index contributed by atoms with van der Waals surface area (Å²) in [6.07, 6.45) is 0.952. The molecular formula is C13H24F3NO. The maximum atomic E-state index is 11.9. The van der Waals surface area contributed by atoms with Crippen LogP contribution in [0.1, 0.15) is 46.0 Å². The molecule has 108 valence electrons. The topological polar surface area (TPSA) is 21.3 Å². The summed E-state index contributed by atoms with van der Waals surface area (Å²) < 4.78 is 40.2. The van der Waals surface area contributed by atoms with Crippen molar-refractivity contribution in [1.82, 2.24) is 5.32 Å². The first kappa shape index (κ1) is 15.8. The van der Waals surface area contributed by atoms with Crippen LogP contribution in [-0.4, -0.2) is 32.0 Å². The van der Waals surface area contributed by atoms with Crippen molar-refractivity contribution in [2.75, 3.05) is 19.8 Å². The quantitative estimate of drug-likeness (QED) is 0.645. The van der Waals surface area contributed by atoms with E-state index in [0.717, 1.165) is 19.4 Å². The molecule has 0 saturated heterocycles. The second-order valence-corrected chi connectivity index (χ2v) is 5.31. The molecule has 1 N–H and O–H groups in total. The average molecular weight is 267 g/mol. The van der Waals surface area contributed by atoms with Crippen molar-refractivity contribution in [3.8, 4) is 0 Å². The zero-order chi connectivity index (χ0) is 13.6. The highest BCUT2D eigenvalue weighted by Gasteiger charge is 2.46. The van der Waals surface area contributed by atoms with E-state index in [-0.39, 0.29) is 6.61 Å². The Bertz CT molecular complexity index is 239. The minimum atomic E-state index is -4.20. The van der Waals surface area contributed by atoms with Crippen LogP contribution in [0.3, 0.4) is 0 Å². The van der Waals surface area contributed by atoms with E-state index in [4.69, 9.17) is 0 Å². The van der Waals surface area contributed by atoms with Crippen LogP contribution >= 0.6 is 0 Å². The first-order chi connectivity index (χ1) is 8.40. The summed E-state index contributed by atoms with van der Waals surface area (Å²) in [5.74, 6) is 0. The fourth-order valence-corrected chi connectivity index (χ4v) is 2.35. The molecule has 1 fully saturated rings. The van der Waals surface area contributed by atoms with Gasteiger partial charge in [0.05, 0.1) is 0 Å². The average Bonchev–Trinajstić information content (AvgIpc) is 3.05. The number of halogens is 3. The summed E-state index contributed by atoms with van der Waals surface area (Å²) in [7, 11) is 0. The molecule has 1 rings (SSSR count). The summed E-state index contributed by atoms with van der Waals surface area (Å²) in [6, 6.07) is 0.458. The fourth-order valence-electron chi connectivity index (χ4n) is 2.35. The van der Waals surface area contributed by atoms with Gasteiger partial charge in [0.25, 0.3) is 0 Å². The summed E-state index contributed by atoms with van der Waals surface area (Å²) >= 11 is 0. The van der Waals surface area contributed by atoms with E-state index in [1.54, 1.807) is 0 Å². The molecule has 1 saturated carbocycles. The zero-order valence-electron chi connectivity index (χ0n) is 11.3. The van der Waals surface area contributed by atoms with Gasteiger partial charge in [0.2, 0.25) is 0 Å². The van der Waals surface area contributed by atoms with Gasteiger partial charge in [-0.05, 0) is 51.0 Å². The fraction of sp³-hybridized carbons (Fsp3) is 1.00. The van der Waals surface area contributed by atoms with Gasteiger partial charge in [-0.15, -0.1) is 0 Å². The van der Waals surface area contributed by atoms with Crippen LogP contribution < -0.4 is 5.32 Å². The first-order valence-electron chi connectivity index (χ1n) is 6.77. The molecule has 1 atom stereocenters. The van der Waals surface area contributed by atoms with Gasteiger partial charge in [0.15, 0.2) is 0 Å². The number of hydrogen-bond acceptors (Lipinski definition) is 2. The Balaban J connectivity index is 2.11. The maximum absolute atomic E-state index is 11.9. The molecule has 18 heavy (non-hydrogen) atoms. The van der Waals surface area contributed by atoms with E-state index in [1.165, 1.54) is 12.8 Å². The van der Waals surface area contributed by atoms with Crippen molar-refractivity contribution < 1.29 is 17.9 Å². The molecule has 0 aromatic heterocycles. The van der Waals surface area contributed by atoms with Gasteiger partial charge in [-0.3, -0.25) is 0 Å². The molecule has 5 heteroatoms. The Morgan fingerprint density at radius 1 is 1.33 bits per heavy atom. The minimum Gasteiger partial charge on any atom is -0.372 e. The highest BCUT2D eigenvalue weighted by molar-refractivity contribution is 5.00. The lowest BCUT2D eigenvalue weighted by atomic mass is 9.92. The van der Waals surface area contributed by atoms with Crippen molar-refractivity contribution in [1.29, 1.82) is 0 Å². The van der Waals surface area contributed by atoms with E-state index in [2.05, 4.69) is 23.9 Å². The van der Waals surface area contributed by atoms with Crippen molar-refractivity contribution in [2.24, 2.45) is 5.41 Å². The van der Waals surface area contributed by atoms with Gasteiger partial charge in [0.1, 0.15) is 6.61 Å². The van der Waals surface area contributed by atoms with Gasteiger partial charge in [-0.1, -0.05) is 6.92 Å². The SMILES string of the molecule is CCCNC(C)C1(CCCOCC(F)(F)F)CC1. The number of rotatable bonds is 9. The van der Waals surface area contributed by atoms with Crippen molar-refractivity contribution in [3.63, 3.8) is 0 Å². The third kappa shape index (κ3) is 5.57. The summed E-state index contributed by atoms with van der Waals surface area (Å²) in [4.78, 5) is 0. The molecular weight excluding hydrogens is 243 g/mol. The van der Waals surface area contributed by atoms with E-state index >= 15 is 0 Å². The van der Waals surface area contributed by atoms with E-state index in [1.807, 2.05) is 0 Å². The van der Waals surface area contributed by atoms with Gasteiger partial charge in [-0.25, -0.2) is 0 Å². The molecule has 0 aliphatic heterocycles. The lowest BCUT2D eigenvalue weighted by Crippen LogP contribution is -2.35. The van der Waals surface area contributed by atoms with Crippen LogP contribution in [0.25, 0.3) is 0 Å². The molecule has 0 bridgehead atoms. The van der Waals surface area contributed by atoms with Crippen molar-refractivity contribution >= 4 is 0 Å². The molecule has 1 aliphatic rings. The molecule has 0 spiro atoms. The smallest absolute Gasteiger partial charge is 0.372 e. The number of nitrogens with one attached hydrogen (secondary N) is 1. The molecule has 0 aromatic rings. The van der Waals surface area contributed by atoms with E-state index < -0.39 is 12.8 Å². The monoisotopic (exact) mass is 267 g/mol. The molecule has 0 heterocycles. The van der Waals surface area contributed by atoms with Crippen LogP contribution in [0.5, 0.6) is 0 Å². The van der Waals surface area contributed by atoms with Crippen LogP contribution in [0.2, 0.25) is 0 Å². The van der Waals surface area contributed by atoms with Crippen LogP contribution in [0.15, 0.2) is 0 Å². The van der Waals surface area contributed by atoms with Crippen LogP contribution in [0.4, 0.5) is 13.2 Å². The van der Waals surface area contributed by atoms with Crippen molar-refractivity contribution in [3.05, 3.63) is 0 Å². The largest absolute Gasteiger partial charge is 0.411 e. The third-order valence-corrected chi connectivity index (χ3v) is 3.74. The lowest BCUT2D eigenvalue weighted by Gasteiger charge is -2.24. The molecule has 0 radical (unpaired) electrons. The third-order valence-electron chi connectivity index (χ3n) is 3.74. The Hall–Kier alpha value is -0.290. The Morgan fingerprint density at radius 2 is 2.00 bits per heavy atom. The summed E-state index contributed by atoms with van der Waals surface area (Å²) in [5, 5.41) is 3.48. The highest BCUT2D eigenvalue weighted by atomic mass is 19.4.